The van der Waals surface area contributed by atoms with Crippen molar-refractivity contribution in [3.05, 3.63) is 224 Å². The Labute approximate surface area is 337 Å². The van der Waals surface area contributed by atoms with Crippen molar-refractivity contribution in [1.82, 2.24) is 0 Å². The lowest BCUT2D eigenvalue weighted by Gasteiger charge is -2.30. The van der Waals surface area contributed by atoms with E-state index in [-0.39, 0.29) is 0 Å². The molecule has 0 spiro atoms. The minimum absolute atomic E-state index is 0.853. The summed E-state index contributed by atoms with van der Waals surface area (Å²) in [5.41, 5.74) is 14.3. The van der Waals surface area contributed by atoms with E-state index >= 15 is 0 Å². The Balaban J connectivity index is 1.20. The van der Waals surface area contributed by atoms with Crippen LogP contribution in [0.5, 0.6) is 0 Å². The number of fused-ring (bicyclic) bond motifs is 6. The molecule has 2 heteroatoms. The van der Waals surface area contributed by atoms with Gasteiger partial charge in [-0.25, -0.2) is 0 Å². The van der Waals surface area contributed by atoms with E-state index in [0.29, 0.717) is 0 Å². The summed E-state index contributed by atoms with van der Waals surface area (Å²) < 4.78 is 6.82. The highest BCUT2D eigenvalue weighted by Gasteiger charge is 2.26. The molecule has 0 aliphatic carbocycles. The zero-order valence-electron chi connectivity index (χ0n) is 31.7. The van der Waals surface area contributed by atoms with Gasteiger partial charge in [-0.05, 0) is 85.4 Å². The van der Waals surface area contributed by atoms with Crippen LogP contribution in [-0.2, 0) is 0 Å². The standard InChI is InChI=1S/C56H37NO/c1-4-17-38(18-5-1)42-33-36-44(39-19-6-2-7-20-39)51(37-42)40-31-34-43(35-32-40)57(52-29-16-28-50-47-25-14-15-30-53(47)58-56(50)52)55-49-27-13-11-24-46(49)45-23-10-12-26-48(45)54(55)41-21-8-3-9-22-41/h1-37H. The lowest BCUT2D eigenvalue weighted by molar-refractivity contribution is 0.669. The normalized spacial score (nSPS) is 11.4. The Bertz CT molecular complexity index is 3260. The quantitative estimate of drug-likeness (QED) is 0.151. The molecule has 58 heavy (non-hydrogen) atoms. The minimum Gasteiger partial charge on any atom is -0.454 e. The van der Waals surface area contributed by atoms with E-state index < -0.39 is 0 Å². The number of anilines is 3. The second-order valence-corrected chi connectivity index (χ2v) is 14.8. The van der Waals surface area contributed by atoms with Crippen LogP contribution in [-0.4, -0.2) is 0 Å². The Hall–Kier alpha value is -7.68. The summed E-state index contributed by atoms with van der Waals surface area (Å²) in [4.78, 5) is 2.43. The maximum Gasteiger partial charge on any atom is 0.159 e. The fraction of sp³-hybridized carbons (Fsp3) is 0. The molecule has 1 heterocycles. The van der Waals surface area contributed by atoms with Gasteiger partial charge in [0.05, 0.1) is 11.4 Å². The van der Waals surface area contributed by atoms with Gasteiger partial charge < -0.3 is 9.32 Å². The molecule has 2 nitrogen and oxygen atoms in total. The number of furan rings is 1. The number of benzene rings is 10. The molecule has 0 N–H and O–H groups in total. The molecule has 10 aromatic carbocycles. The van der Waals surface area contributed by atoms with Crippen molar-refractivity contribution in [2.45, 2.75) is 0 Å². The average Bonchev–Trinajstić information content (AvgIpc) is 3.69. The van der Waals surface area contributed by atoms with Crippen LogP contribution in [0.2, 0.25) is 0 Å². The van der Waals surface area contributed by atoms with Gasteiger partial charge in [0.15, 0.2) is 5.58 Å². The lowest BCUT2D eigenvalue weighted by Crippen LogP contribution is -2.12. The summed E-state index contributed by atoms with van der Waals surface area (Å²) in [5, 5.41) is 6.99. The van der Waals surface area contributed by atoms with Crippen molar-refractivity contribution < 1.29 is 4.42 Å². The van der Waals surface area contributed by atoms with Crippen molar-refractivity contribution in [3.8, 4) is 44.5 Å². The van der Waals surface area contributed by atoms with Gasteiger partial charge in [0.2, 0.25) is 0 Å². The maximum absolute atomic E-state index is 6.82. The number of rotatable bonds is 7. The van der Waals surface area contributed by atoms with Crippen LogP contribution in [0.25, 0.3) is 88.0 Å². The molecule has 11 aromatic rings. The largest absolute Gasteiger partial charge is 0.454 e. The van der Waals surface area contributed by atoms with Crippen LogP contribution in [0, 0.1) is 0 Å². The fourth-order valence-electron chi connectivity index (χ4n) is 8.80. The first kappa shape index (κ1) is 33.6. The predicted octanol–water partition coefficient (Wildman–Crippen LogP) is 16.0. The topological polar surface area (TPSA) is 16.4 Å². The SMILES string of the molecule is c1ccc(-c2ccc(-c3ccccc3)c(-c3ccc(N(c4c(-c5ccccc5)c5ccccc5c5ccccc45)c4cccc5c4oc4ccccc45)cc3)c2)cc1. The predicted molar refractivity (Wildman–Crippen MR) is 245 cm³/mol. The average molecular weight is 740 g/mol. The highest BCUT2D eigenvalue weighted by Crippen LogP contribution is 2.51. The zero-order chi connectivity index (χ0) is 38.4. The van der Waals surface area contributed by atoms with Crippen molar-refractivity contribution in [2.24, 2.45) is 0 Å². The molecule has 0 atom stereocenters. The van der Waals surface area contributed by atoms with E-state index in [1.54, 1.807) is 0 Å². The molecule has 11 rings (SSSR count). The Morgan fingerprint density at radius 2 is 0.828 bits per heavy atom. The summed E-state index contributed by atoms with van der Waals surface area (Å²) in [7, 11) is 0. The van der Waals surface area contributed by atoms with Gasteiger partial charge in [0, 0.05) is 27.4 Å². The Morgan fingerprint density at radius 1 is 0.310 bits per heavy atom. The van der Waals surface area contributed by atoms with E-state index in [1.807, 2.05) is 6.07 Å². The summed E-state index contributed by atoms with van der Waals surface area (Å²) in [5.74, 6) is 0. The number of para-hydroxylation sites is 2. The van der Waals surface area contributed by atoms with Gasteiger partial charge >= 0.3 is 0 Å². The van der Waals surface area contributed by atoms with E-state index in [1.165, 1.54) is 54.9 Å². The second-order valence-electron chi connectivity index (χ2n) is 14.8. The van der Waals surface area contributed by atoms with E-state index in [9.17, 15) is 0 Å². The monoisotopic (exact) mass is 739 g/mol. The van der Waals surface area contributed by atoms with Crippen molar-refractivity contribution in [1.29, 1.82) is 0 Å². The number of hydrogen-bond donors (Lipinski definition) is 0. The van der Waals surface area contributed by atoms with Crippen LogP contribution in [0.15, 0.2) is 229 Å². The van der Waals surface area contributed by atoms with Gasteiger partial charge in [-0.1, -0.05) is 194 Å². The van der Waals surface area contributed by atoms with E-state index in [2.05, 4.69) is 223 Å². The smallest absolute Gasteiger partial charge is 0.159 e. The molecular formula is C56H37NO. The van der Waals surface area contributed by atoms with Crippen molar-refractivity contribution in [2.75, 3.05) is 4.90 Å². The van der Waals surface area contributed by atoms with Crippen molar-refractivity contribution in [3.63, 3.8) is 0 Å². The molecule has 0 aliphatic rings. The number of nitrogens with zero attached hydrogens (tertiary/aromatic N) is 1. The summed E-state index contributed by atoms with van der Waals surface area (Å²) >= 11 is 0. The van der Waals surface area contributed by atoms with Crippen LogP contribution < -0.4 is 4.90 Å². The van der Waals surface area contributed by atoms with Crippen LogP contribution in [0.1, 0.15) is 0 Å². The maximum atomic E-state index is 6.82. The van der Waals surface area contributed by atoms with E-state index in [4.69, 9.17) is 4.42 Å². The molecule has 0 fully saturated rings. The molecular weight excluding hydrogens is 703 g/mol. The third kappa shape index (κ3) is 5.66. The van der Waals surface area contributed by atoms with Gasteiger partial charge in [-0.15, -0.1) is 0 Å². The first-order valence-electron chi connectivity index (χ1n) is 19.8. The van der Waals surface area contributed by atoms with Crippen LogP contribution in [0.3, 0.4) is 0 Å². The Kier molecular flexibility index (Phi) is 8.19. The first-order chi connectivity index (χ1) is 28.8. The first-order valence-corrected chi connectivity index (χ1v) is 19.8. The van der Waals surface area contributed by atoms with Crippen LogP contribution >= 0.6 is 0 Å². The summed E-state index contributed by atoms with van der Waals surface area (Å²) in [6, 6.07) is 80.6. The molecule has 0 radical (unpaired) electrons. The minimum atomic E-state index is 0.853. The molecule has 0 unspecified atom stereocenters. The molecule has 0 saturated heterocycles. The van der Waals surface area contributed by atoms with Crippen molar-refractivity contribution >= 4 is 60.5 Å². The highest BCUT2D eigenvalue weighted by molar-refractivity contribution is 6.23. The molecule has 1 aromatic heterocycles. The van der Waals surface area contributed by atoms with Gasteiger partial charge in [0.1, 0.15) is 5.58 Å². The van der Waals surface area contributed by atoms with E-state index in [0.717, 1.165) is 50.1 Å². The number of hydrogen-bond acceptors (Lipinski definition) is 2. The third-order valence-corrected chi connectivity index (χ3v) is 11.5. The zero-order valence-corrected chi connectivity index (χ0v) is 31.7. The highest BCUT2D eigenvalue weighted by atomic mass is 16.3. The molecule has 0 saturated carbocycles. The molecule has 0 bridgehead atoms. The molecule has 0 amide bonds. The summed E-state index contributed by atoms with van der Waals surface area (Å²) in [6.07, 6.45) is 0. The molecule has 0 aliphatic heterocycles. The lowest BCUT2D eigenvalue weighted by atomic mass is 9.89. The Morgan fingerprint density at radius 3 is 1.53 bits per heavy atom. The van der Waals surface area contributed by atoms with Gasteiger partial charge in [0.25, 0.3) is 0 Å². The molecule has 272 valence electrons. The van der Waals surface area contributed by atoms with Crippen LogP contribution in [0.4, 0.5) is 17.1 Å². The third-order valence-electron chi connectivity index (χ3n) is 11.5. The van der Waals surface area contributed by atoms with Gasteiger partial charge in [-0.2, -0.15) is 0 Å². The fourth-order valence-corrected chi connectivity index (χ4v) is 8.80. The summed E-state index contributed by atoms with van der Waals surface area (Å²) in [6.45, 7) is 0. The van der Waals surface area contributed by atoms with Gasteiger partial charge in [-0.3, -0.25) is 0 Å². The second kappa shape index (κ2) is 14.1.